The van der Waals surface area contributed by atoms with Crippen LogP contribution in [0.2, 0.25) is 0 Å². The molecule has 1 aliphatic rings. The third kappa shape index (κ3) is 7.13. The summed E-state index contributed by atoms with van der Waals surface area (Å²) in [4.78, 5) is 62.3. The SMILES string of the molecule is CC(C)[C@H](NC(=O)C[C@H](NC(=O)OC(C)(C)C)c1ccccc1)C(=O)[C@@H]1C(=O)NC(=O)[C@H]1C. The lowest BCUT2D eigenvalue weighted by molar-refractivity contribution is -0.137. The largest absolute Gasteiger partial charge is 0.444 e. The first-order valence-corrected chi connectivity index (χ1v) is 11.0. The zero-order chi connectivity index (χ0) is 24.9. The summed E-state index contributed by atoms with van der Waals surface area (Å²) in [6, 6.07) is 7.28. The Labute approximate surface area is 194 Å². The molecule has 9 heteroatoms. The minimum atomic E-state index is -1.14. The zero-order valence-electron chi connectivity index (χ0n) is 19.9. The molecular formula is C24H33N3O6. The Kier molecular flexibility index (Phi) is 8.35. The zero-order valence-corrected chi connectivity index (χ0v) is 19.9. The molecule has 0 spiro atoms. The van der Waals surface area contributed by atoms with E-state index in [1.54, 1.807) is 58.9 Å². The predicted molar refractivity (Wildman–Crippen MR) is 121 cm³/mol. The molecule has 1 aliphatic heterocycles. The average molecular weight is 460 g/mol. The van der Waals surface area contributed by atoms with Crippen LogP contribution < -0.4 is 16.0 Å². The number of carbonyl (C=O) groups is 5. The highest BCUT2D eigenvalue weighted by atomic mass is 16.6. The molecule has 9 nitrogen and oxygen atoms in total. The number of Topliss-reactive ketones (excluding diaryl/α,β-unsaturated/α-hetero) is 1. The van der Waals surface area contributed by atoms with E-state index in [1.807, 2.05) is 6.07 Å². The van der Waals surface area contributed by atoms with Gasteiger partial charge in [0.15, 0.2) is 5.78 Å². The predicted octanol–water partition coefficient (Wildman–Crippen LogP) is 2.26. The van der Waals surface area contributed by atoms with Gasteiger partial charge in [0.25, 0.3) is 0 Å². The van der Waals surface area contributed by atoms with Crippen molar-refractivity contribution in [1.29, 1.82) is 0 Å². The van der Waals surface area contributed by atoms with Crippen molar-refractivity contribution in [2.45, 2.75) is 65.6 Å². The van der Waals surface area contributed by atoms with Crippen molar-refractivity contribution in [3.05, 3.63) is 35.9 Å². The maximum Gasteiger partial charge on any atom is 0.408 e. The molecule has 33 heavy (non-hydrogen) atoms. The quantitative estimate of drug-likeness (QED) is 0.404. The maximum absolute atomic E-state index is 13.1. The van der Waals surface area contributed by atoms with Gasteiger partial charge in [-0.2, -0.15) is 0 Å². The van der Waals surface area contributed by atoms with Gasteiger partial charge < -0.3 is 15.4 Å². The number of ketones is 1. The highest BCUT2D eigenvalue weighted by Crippen LogP contribution is 2.24. The van der Waals surface area contributed by atoms with Gasteiger partial charge in [-0.3, -0.25) is 24.5 Å². The van der Waals surface area contributed by atoms with Gasteiger partial charge in [-0.25, -0.2) is 4.79 Å². The van der Waals surface area contributed by atoms with Gasteiger partial charge in [-0.05, 0) is 32.3 Å². The number of hydrogen-bond donors (Lipinski definition) is 3. The number of alkyl carbamates (subject to hydrolysis) is 1. The minimum absolute atomic E-state index is 0.148. The number of nitrogens with one attached hydrogen (secondary N) is 3. The Morgan fingerprint density at radius 1 is 1.03 bits per heavy atom. The van der Waals surface area contributed by atoms with E-state index in [-0.39, 0.29) is 12.3 Å². The molecule has 4 amide bonds. The van der Waals surface area contributed by atoms with E-state index in [9.17, 15) is 24.0 Å². The van der Waals surface area contributed by atoms with E-state index in [0.717, 1.165) is 0 Å². The maximum atomic E-state index is 13.1. The summed E-state index contributed by atoms with van der Waals surface area (Å²) in [5.74, 6) is -4.39. The Morgan fingerprint density at radius 2 is 1.64 bits per heavy atom. The molecular weight excluding hydrogens is 426 g/mol. The number of amides is 4. The smallest absolute Gasteiger partial charge is 0.408 e. The van der Waals surface area contributed by atoms with Crippen LogP contribution >= 0.6 is 0 Å². The molecule has 0 aromatic heterocycles. The fourth-order valence-corrected chi connectivity index (χ4v) is 3.63. The van der Waals surface area contributed by atoms with Crippen LogP contribution in [0.4, 0.5) is 4.79 Å². The number of benzene rings is 1. The molecule has 4 atom stereocenters. The molecule has 0 aliphatic carbocycles. The Bertz CT molecular complexity index is 907. The molecule has 0 bridgehead atoms. The molecule has 1 fully saturated rings. The first kappa shape index (κ1) is 26.0. The summed E-state index contributed by atoms with van der Waals surface area (Å²) in [6.45, 7) is 10.2. The van der Waals surface area contributed by atoms with Crippen molar-refractivity contribution >= 4 is 29.6 Å². The molecule has 1 aromatic rings. The lowest BCUT2D eigenvalue weighted by atomic mass is 9.85. The number of imide groups is 1. The first-order valence-electron chi connectivity index (χ1n) is 11.0. The Morgan fingerprint density at radius 3 is 2.12 bits per heavy atom. The van der Waals surface area contributed by atoms with E-state index < -0.39 is 59.1 Å². The third-order valence-corrected chi connectivity index (χ3v) is 5.32. The van der Waals surface area contributed by atoms with Crippen LogP contribution in [0.3, 0.4) is 0 Å². The highest BCUT2D eigenvalue weighted by Gasteiger charge is 2.46. The van der Waals surface area contributed by atoms with Gasteiger partial charge in [0.1, 0.15) is 11.5 Å². The van der Waals surface area contributed by atoms with E-state index >= 15 is 0 Å². The molecule has 0 radical (unpaired) electrons. The first-order chi connectivity index (χ1) is 15.3. The number of rotatable bonds is 8. The standard InChI is InChI=1S/C24H33N3O6/c1-13(2)19(20(29)18-14(3)21(30)27-22(18)31)26-17(28)12-16(15-10-8-7-9-11-15)25-23(32)33-24(4,5)6/h7-11,13-14,16,18-19H,12H2,1-6H3,(H,25,32)(H,26,28)(H,27,30,31)/t14-,16-,18+,19-/m0/s1. The van der Waals surface area contributed by atoms with Crippen LogP contribution in [-0.2, 0) is 23.9 Å². The number of carbonyl (C=O) groups excluding carboxylic acids is 5. The van der Waals surface area contributed by atoms with Gasteiger partial charge >= 0.3 is 6.09 Å². The van der Waals surface area contributed by atoms with Crippen LogP contribution in [0.1, 0.15) is 59.6 Å². The second kappa shape index (κ2) is 10.6. The van der Waals surface area contributed by atoms with E-state index in [1.165, 1.54) is 6.92 Å². The lowest BCUT2D eigenvalue weighted by Crippen LogP contribution is -2.49. The Hall–Kier alpha value is -3.23. The summed E-state index contributed by atoms with van der Waals surface area (Å²) in [6.07, 6.45) is -0.818. The van der Waals surface area contributed by atoms with Gasteiger partial charge in [-0.1, -0.05) is 51.1 Å². The van der Waals surface area contributed by atoms with Gasteiger partial charge in [-0.15, -0.1) is 0 Å². The average Bonchev–Trinajstić information content (AvgIpc) is 2.95. The third-order valence-electron chi connectivity index (χ3n) is 5.32. The van der Waals surface area contributed by atoms with Gasteiger partial charge in [0, 0.05) is 0 Å². The number of hydrogen-bond acceptors (Lipinski definition) is 6. The van der Waals surface area contributed by atoms with Crippen molar-refractivity contribution < 1.29 is 28.7 Å². The molecule has 3 N–H and O–H groups in total. The molecule has 0 unspecified atom stereocenters. The van der Waals surface area contributed by atoms with E-state index in [2.05, 4.69) is 16.0 Å². The van der Waals surface area contributed by atoms with Crippen LogP contribution in [-0.4, -0.2) is 41.2 Å². The van der Waals surface area contributed by atoms with E-state index in [4.69, 9.17) is 4.74 Å². The van der Waals surface area contributed by atoms with Crippen molar-refractivity contribution in [2.24, 2.45) is 17.8 Å². The topological polar surface area (TPSA) is 131 Å². The van der Waals surface area contributed by atoms with Crippen molar-refractivity contribution in [1.82, 2.24) is 16.0 Å². The second-order valence-electron chi connectivity index (χ2n) is 9.63. The fraction of sp³-hybridized carbons (Fsp3) is 0.542. The van der Waals surface area contributed by atoms with Crippen LogP contribution in [0.5, 0.6) is 0 Å². The van der Waals surface area contributed by atoms with Crippen LogP contribution in [0.15, 0.2) is 30.3 Å². The highest BCUT2D eigenvalue weighted by molar-refractivity contribution is 6.16. The van der Waals surface area contributed by atoms with E-state index in [0.29, 0.717) is 5.56 Å². The summed E-state index contributed by atoms with van der Waals surface area (Å²) in [5, 5.41) is 7.58. The van der Waals surface area contributed by atoms with Crippen molar-refractivity contribution in [3.8, 4) is 0 Å². The normalized spacial score (nSPS) is 20.1. The molecule has 180 valence electrons. The molecule has 2 rings (SSSR count). The summed E-state index contributed by atoms with van der Waals surface area (Å²) < 4.78 is 5.32. The van der Waals surface area contributed by atoms with Gasteiger partial charge in [0.05, 0.1) is 24.4 Å². The van der Waals surface area contributed by atoms with Crippen LogP contribution in [0, 0.1) is 17.8 Å². The second-order valence-corrected chi connectivity index (χ2v) is 9.63. The molecule has 0 saturated carbocycles. The monoisotopic (exact) mass is 459 g/mol. The number of ether oxygens (including phenoxy) is 1. The summed E-state index contributed by atoms with van der Waals surface area (Å²) >= 11 is 0. The summed E-state index contributed by atoms with van der Waals surface area (Å²) in [5.41, 5.74) is -0.0149. The molecule has 1 saturated heterocycles. The van der Waals surface area contributed by atoms with Crippen LogP contribution in [0.25, 0.3) is 0 Å². The fourth-order valence-electron chi connectivity index (χ4n) is 3.63. The molecule has 1 heterocycles. The molecule has 1 aromatic carbocycles. The van der Waals surface area contributed by atoms with Crippen molar-refractivity contribution in [3.63, 3.8) is 0 Å². The summed E-state index contributed by atoms with van der Waals surface area (Å²) in [7, 11) is 0. The van der Waals surface area contributed by atoms with Crippen molar-refractivity contribution in [2.75, 3.05) is 0 Å². The Balaban J connectivity index is 2.16. The lowest BCUT2D eigenvalue weighted by Gasteiger charge is -2.26. The minimum Gasteiger partial charge on any atom is -0.444 e. The van der Waals surface area contributed by atoms with Gasteiger partial charge in [0.2, 0.25) is 17.7 Å².